The number of hydrazine groups is 1. The molecule has 9 nitrogen and oxygen atoms in total. The number of carbonyl (C=O) groups excluding carboxylic acids is 4. The molecule has 0 radical (unpaired) electrons. The fraction of sp³-hybridized carbons (Fsp3) is 0.250. The predicted octanol–water partition coefficient (Wildman–Crippen LogP) is 3.59. The monoisotopic (exact) mass is 452 g/mol. The van der Waals surface area contributed by atoms with Gasteiger partial charge in [-0.15, -0.1) is 0 Å². The van der Waals surface area contributed by atoms with Crippen molar-refractivity contribution in [3.05, 3.63) is 77.9 Å². The van der Waals surface area contributed by atoms with E-state index in [0.717, 1.165) is 16.6 Å². The van der Waals surface area contributed by atoms with Crippen LogP contribution < -0.4 is 21.1 Å². The van der Waals surface area contributed by atoms with Crippen LogP contribution in [0.2, 0.25) is 0 Å². The van der Waals surface area contributed by atoms with Gasteiger partial charge < -0.3 is 10.1 Å². The molecule has 2 aromatic carbocycles. The summed E-state index contributed by atoms with van der Waals surface area (Å²) in [4.78, 5) is 49.3. The first kappa shape index (κ1) is 25.1. The number of ether oxygens (including phenoxy) is 1. The van der Waals surface area contributed by atoms with Crippen LogP contribution in [0.3, 0.4) is 0 Å². The Bertz CT molecular complexity index is 1040. The maximum absolute atomic E-state index is 13.0. The Morgan fingerprint density at radius 3 is 2.33 bits per heavy atom. The smallest absolute Gasteiger partial charge is 0.427 e. The number of carbonyl (C=O) groups is 4. The van der Waals surface area contributed by atoms with Gasteiger partial charge >= 0.3 is 12.1 Å². The summed E-state index contributed by atoms with van der Waals surface area (Å²) in [6, 6.07) is 12.3. The van der Waals surface area contributed by atoms with Crippen molar-refractivity contribution in [3.63, 3.8) is 0 Å². The summed E-state index contributed by atoms with van der Waals surface area (Å²) >= 11 is 0. The lowest BCUT2D eigenvalue weighted by Crippen LogP contribution is -2.53. The molecule has 0 aromatic heterocycles. The van der Waals surface area contributed by atoms with E-state index < -0.39 is 23.6 Å². The average molecular weight is 453 g/mol. The van der Waals surface area contributed by atoms with E-state index in [1.807, 2.05) is 6.92 Å². The number of amides is 5. The Balaban J connectivity index is 2.27. The molecule has 9 heteroatoms. The highest BCUT2D eigenvalue weighted by Gasteiger charge is 2.24. The molecule has 0 spiro atoms. The Morgan fingerprint density at radius 1 is 1.06 bits per heavy atom. The first-order chi connectivity index (χ1) is 15.5. The molecule has 5 amide bonds. The van der Waals surface area contributed by atoms with Crippen molar-refractivity contribution in [3.8, 4) is 0 Å². The van der Waals surface area contributed by atoms with Gasteiger partial charge in [0.2, 0.25) is 5.91 Å². The van der Waals surface area contributed by atoms with Gasteiger partial charge in [0.25, 0.3) is 5.91 Å². The van der Waals surface area contributed by atoms with E-state index in [2.05, 4.69) is 22.6 Å². The highest BCUT2D eigenvalue weighted by atomic mass is 16.6. The minimum Gasteiger partial charge on any atom is -0.443 e. The van der Waals surface area contributed by atoms with E-state index in [0.29, 0.717) is 5.56 Å². The first-order valence-electron chi connectivity index (χ1n) is 10.2. The normalized spacial score (nSPS) is 10.5. The molecule has 33 heavy (non-hydrogen) atoms. The summed E-state index contributed by atoms with van der Waals surface area (Å²) in [7, 11) is 0. The lowest BCUT2D eigenvalue weighted by atomic mass is 10.1. The molecule has 0 atom stereocenters. The van der Waals surface area contributed by atoms with Gasteiger partial charge in [0, 0.05) is 12.1 Å². The predicted molar refractivity (Wildman–Crippen MR) is 124 cm³/mol. The van der Waals surface area contributed by atoms with Crippen LogP contribution in [-0.4, -0.2) is 29.5 Å². The van der Waals surface area contributed by atoms with Gasteiger partial charge in [0.15, 0.2) is 0 Å². The lowest BCUT2D eigenvalue weighted by molar-refractivity contribution is -0.116. The maximum Gasteiger partial charge on any atom is 0.427 e. The number of nitrogens with zero attached hydrogens (tertiary/aromatic N) is 1. The molecule has 0 fully saturated rings. The number of urea groups is 1. The standard InChI is InChI=1S/C24H28N4O5/c1-6-20(29)25-15-17-8-7-9-19(14-17)28(27-23(32)33-24(3,4)5)22(31)26-21(30)18-12-10-16(2)11-13-18/h6-14H,1,15H2,2-5H3,(H,25,29)(H,27,32)(H,26,30,31). The number of rotatable bonds is 5. The Labute approximate surface area is 192 Å². The van der Waals surface area contributed by atoms with Gasteiger partial charge in [-0.25, -0.2) is 15.0 Å². The first-order valence-corrected chi connectivity index (χ1v) is 10.2. The molecular weight excluding hydrogens is 424 g/mol. The van der Waals surface area contributed by atoms with E-state index in [-0.39, 0.29) is 23.7 Å². The molecule has 2 aromatic rings. The highest BCUT2D eigenvalue weighted by molar-refractivity contribution is 6.09. The van der Waals surface area contributed by atoms with E-state index in [9.17, 15) is 19.2 Å². The van der Waals surface area contributed by atoms with Crippen LogP contribution in [-0.2, 0) is 16.1 Å². The van der Waals surface area contributed by atoms with Gasteiger partial charge in [0.1, 0.15) is 5.60 Å². The third-order valence-corrected chi connectivity index (χ3v) is 4.16. The van der Waals surface area contributed by atoms with E-state index >= 15 is 0 Å². The van der Waals surface area contributed by atoms with Crippen LogP contribution in [0.1, 0.15) is 42.3 Å². The molecule has 0 aliphatic rings. The largest absolute Gasteiger partial charge is 0.443 e. The molecule has 0 aliphatic heterocycles. The van der Waals surface area contributed by atoms with Gasteiger partial charge in [-0.1, -0.05) is 36.4 Å². The summed E-state index contributed by atoms with van der Waals surface area (Å²) in [6.45, 7) is 10.5. The van der Waals surface area contributed by atoms with Gasteiger partial charge in [0.05, 0.1) is 5.69 Å². The fourth-order valence-electron chi connectivity index (χ4n) is 2.62. The topological polar surface area (TPSA) is 117 Å². The lowest BCUT2D eigenvalue weighted by Gasteiger charge is -2.26. The van der Waals surface area contributed by atoms with Crippen LogP contribution in [0.5, 0.6) is 0 Å². The van der Waals surface area contributed by atoms with E-state index in [4.69, 9.17) is 4.74 Å². The van der Waals surface area contributed by atoms with Gasteiger partial charge in [-0.3, -0.25) is 14.9 Å². The molecule has 0 bridgehead atoms. The number of hydrogen-bond donors (Lipinski definition) is 3. The molecule has 0 unspecified atom stereocenters. The Kier molecular flexibility index (Phi) is 8.33. The van der Waals surface area contributed by atoms with Crippen molar-refractivity contribution >= 4 is 29.6 Å². The third kappa shape index (κ3) is 8.13. The van der Waals surface area contributed by atoms with Crippen LogP contribution >= 0.6 is 0 Å². The van der Waals surface area contributed by atoms with Crippen LogP contribution in [0, 0.1) is 6.92 Å². The molecule has 0 aliphatic carbocycles. The molecular formula is C24H28N4O5. The minimum absolute atomic E-state index is 0.170. The molecule has 0 heterocycles. The summed E-state index contributed by atoms with van der Waals surface area (Å²) < 4.78 is 5.24. The number of benzene rings is 2. The van der Waals surface area contributed by atoms with E-state index in [1.54, 1.807) is 69.3 Å². The number of anilines is 1. The third-order valence-electron chi connectivity index (χ3n) is 4.16. The van der Waals surface area contributed by atoms with Crippen molar-refractivity contribution in [2.45, 2.75) is 39.8 Å². The van der Waals surface area contributed by atoms with Crippen LogP contribution in [0.25, 0.3) is 0 Å². The van der Waals surface area contributed by atoms with Crippen molar-refractivity contribution in [1.29, 1.82) is 0 Å². The van der Waals surface area contributed by atoms with Crippen molar-refractivity contribution in [1.82, 2.24) is 16.1 Å². The SMILES string of the molecule is C=CC(=O)NCc1cccc(N(NC(=O)OC(C)(C)C)C(=O)NC(=O)c2ccc(C)cc2)c1. The summed E-state index contributed by atoms with van der Waals surface area (Å²) in [5.41, 5.74) is 3.71. The molecule has 174 valence electrons. The van der Waals surface area contributed by atoms with Crippen molar-refractivity contribution in [2.75, 3.05) is 5.01 Å². The zero-order chi connectivity index (χ0) is 24.6. The zero-order valence-corrected chi connectivity index (χ0v) is 19.1. The number of imide groups is 1. The summed E-state index contributed by atoms with van der Waals surface area (Å²) in [5, 5.41) is 5.76. The van der Waals surface area contributed by atoms with E-state index in [1.165, 1.54) is 0 Å². The summed E-state index contributed by atoms with van der Waals surface area (Å²) in [5.74, 6) is -0.990. The quantitative estimate of drug-likeness (QED) is 0.473. The zero-order valence-electron chi connectivity index (χ0n) is 19.1. The highest BCUT2D eigenvalue weighted by Crippen LogP contribution is 2.16. The van der Waals surface area contributed by atoms with Crippen LogP contribution in [0.15, 0.2) is 61.2 Å². The Morgan fingerprint density at radius 2 is 1.73 bits per heavy atom. The second kappa shape index (κ2) is 10.9. The second-order valence-corrected chi connectivity index (χ2v) is 8.17. The molecule has 3 N–H and O–H groups in total. The fourth-order valence-corrected chi connectivity index (χ4v) is 2.62. The number of hydrogen-bond acceptors (Lipinski definition) is 5. The van der Waals surface area contributed by atoms with Gasteiger partial charge in [-0.2, -0.15) is 5.01 Å². The molecule has 0 saturated carbocycles. The average Bonchev–Trinajstić information content (AvgIpc) is 2.75. The molecule has 2 rings (SSSR count). The maximum atomic E-state index is 13.0. The molecule has 0 saturated heterocycles. The van der Waals surface area contributed by atoms with Crippen molar-refractivity contribution < 1.29 is 23.9 Å². The second-order valence-electron chi connectivity index (χ2n) is 8.17. The minimum atomic E-state index is -0.890. The van der Waals surface area contributed by atoms with Gasteiger partial charge in [-0.05, 0) is 63.6 Å². The number of aryl methyl sites for hydroxylation is 1. The number of nitrogens with one attached hydrogen (secondary N) is 3. The van der Waals surface area contributed by atoms with Crippen LogP contribution in [0.4, 0.5) is 15.3 Å². The summed E-state index contributed by atoms with van der Waals surface area (Å²) in [6.07, 6.45) is 0.260. The Hall–Kier alpha value is -4.14. The van der Waals surface area contributed by atoms with Crippen molar-refractivity contribution in [2.24, 2.45) is 0 Å².